The van der Waals surface area contributed by atoms with Crippen molar-refractivity contribution in [2.24, 2.45) is 0 Å². The zero-order chi connectivity index (χ0) is 17.2. The summed E-state index contributed by atoms with van der Waals surface area (Å²) in [5.41, 5.74) is 0.848. The third kappa shape index (κ3) is 6.09. The summed E-state index contributed by atoms with van der Waals surface area (Å²) in [5.74, 6) is -0.880. The van der Waals surface area contributed by atoms with Gasteiger partial charge in [0.15, 0.2) is 0 Å². The van der Waals surface area contributed by atoms with E-state index in [1.165, 1.54) is 6.20 Å². The number of carbonyl (C=O) groups excluding carboxylic acids is 1. The van der Waals surface area contributed by atoms with Gasteiger partial charge < -0.3 is 20.5 Å². The van der Waals surface area contributed by atoms with Gasteiger partial charge in [-0.15, -0.1) is 0 Å². The lowest BCUT2D eigenvalue weighted by Gasteiger charge is -2.13. The molecule has 0 aromatic heterocycles. The van der Waals surface area contributed by atoms with Gasteiger partial charge in [0.25, 0.3) is 5.91 Å². The van der Waals surface area contributed by atoms with Gasteiger partial charge >= 0.3 is 5.97 Å². The minimum Gasteiger partial charge on any atom is -0.497 e. The second-order valence-corrected chi connectivity index (χ2v) is 4.73. The average Bonchev–Trinajstić information content (AvgIpc) is 2.55. The molecule has 7 nitrogen and oxygen atoms in total. The van der Waals surface area contributed by atoms with Gasteiger partial charge in [-0.05, 0) is 24.6 Å². The highest BCUT2D eigenvalue weighted by Gasteiger charge is 2.10. The van der Waals surface area contributed by atoms with E-state index in [0.29, 0.717) is 0 Å². The smallest absolute Gasteiger partial charge is 0.305 e. The van der Waals surface area contributed by atoms with Crippen LogP contribution >= 0.6 is 0 Å². The molecule has 1 unspecified atom stereocenters. The van der Waals surface area contributed by atoms with Gasteiger partial charge in [-0.3, -0.25) is 9.59 Å². The van der Waals surface area contributed by atoms with Crippen molar-refractivity contribution in [2.75, 3.05) is 13.7 Å². The van der Waals surface area contributed by atoms with Crippen LogP contribution in [0.4, 0.5) is 0 Å². The van der Waals surface area contributed by atoms with Crippen molar-refractivity contribution in [1.82, 2.24) is 10.6 Å². The molecule has 7 heteroatoms. The Balaban J connectivity index is 2.62. The fourth-order valence-electron chi connectivity index (χ4n) is 1.72. The number of benzene rings is 1. The number of amides is 1. The monoisotopic (exact) mass is 317 g/mol. The minimum absolute atomic E-state index is 0.0266. The molecule has 1 aromatic carbocycles. The number of aliphatic carboxylic acids is 1. The van der Waals surface area contributed by atoms with Gasteiger partial charge in [-0.2, -0.15) is 5.26 Å². The summed E-state index contributed by atoms with van der Waals surface area (Å²) in [6, 6.07) is 9.07. The summed E-state index contributed by atoms with van der Waals surface area (Å²) >= 11 is 0. The van der Waals surface area contributed by atoms with Crippen molar-refractivity contribution in [3.05, 3.63) is 41.6 Å². The van der Waals surface area contributed by atoms with E-state index in [1.54, 1.807) is 13.2 Å². The van der Waals surface area contributed by atoms with Crippen LogP contribution in [0.15, 0.2) is 36.0 Å². The SMILES string of the molecule is COc1ccc(C(C)N/C=C(/C#N)C(=O)NCCC(=O)O)cc1. The molecule has 0 spiro atoms. The molecule has 0 saturated heterocycles. The van der Waals surface area contributed by atoms with Crippen molar-refractivity contribution in [3.8, 4) is 11.8 Å². The van der Waals surface area contributed by atoms with Crippen LogP contribution in [0, 0.1) is 11.3 Å². The average molecular weight is 317 g/mol. The lowest BCUT2D eigenvalue weighted by atomic mass is 10.1. The van der Waals surface area contributed by atoms with Crippen molar-refractivity contribution >= 4 is 11.9 Å². The second kappa shape index (κ2) is 9.10. The van der Waals surface area contributed by atoms with Crippen molar-refractivity contribution in [1.29, 1.82) is 5.26 Å². The predicted molar refractivity (Wildman–Crippen MR) is 83.5 cm³/mol. The Morgan fingerprint density at radius 3 is 2.57 bits per heavy atom. The van der Waals surface area contributed by atoms with E-state index in [9.17, 15) is 9.59 Å². The first-order chi connectivity index (χ1) is 11.0. The molecular weight excluding hydrogens is 298 g/mol. The molecule has 0 saturated carbocycles. The number of carboxylic acids is 1. The Morgan fingerprint density at radius 2 is 2.04 bits per heavy atom. The van der Waals surface area contributed by atoms with E-state index >= 15 is 0 Å². The van der Waals surface area contributed by atoms with Crippen LogP contribution in [0.2, 0.25) is 0 Å². The molecule has 0 aliphatic carbocycles. The highest BCUT2D eigenvalue weighted by atomic mass is 16.5. The molecule has 1 aromatic rings. The van der Waals surface area contributed by atoms with Crippen LogP contribution in [-0.2, 0) is 9.59 Å². The van der Waals surface area contributed by atoms with Gasteiger partial charge in [0, 0.05) is 18.8 Å². The number of methoxy groups -OCH3 is 1. The molecule has 1 amide bonds. The third-order valence-electron chi connectivity index (χ3n) is 3.08. The second-order valence-electron chi connectivity index (χ2n) is 4.73. The molecule has 23 heavy (non-hydrogen) atoms. The molecule has 0 aliphatic rings. The molecule has 0 heterocycles. The molecule has 122 valence electrons. The normalized spacial score (nSPS) is 12.0. The number of hydrogen-bond acceptors (Lipinski definition) is 5. The van der Waals surface area contributed by atoms with Crippen LogP contribution in [0.1, 0.15) is 24.9 Å². The maximum Gasteiger partial charge on any atom is 0.305 e. The zero-order valence-corrected chi connectivity index (χ0v) is 13.0. The van der Waals surface area contributed by atoms with Gasteiger partial charge in [0.2, 0.25) is 0 Å². The van der Waals surface area contributed by atoms with Crippen LogP contribution in [-0.4, -0.2) is 30.6 Å². The maximum atomic E-state index is 11.7. The van der Waals surface area contributed by atoms with Crippen molar-refractivity contribution in [3.63, 3.8) is 0 Å². The Hall–Kier alpha value is -3.01. The molecule has 0 radical (unpaired) electrons. The fraction of sp³-hybridized carbons (Fsp3) is 0.312. The largest absolute Gasteiger partial charge is 0.497 e. The van der Waals surface area contributed by atoms with E-state index in [1.807, 2.05) is 31.2 Å². The number of nitrogens with one attached hydrogen (secondary N) is 2. The Labute approximate surface area is 134 Å². The molecule has 0 fully saturated rings. The lowest BCUT2D eigenvalue weighted by molar-refractivity contribution is -0.136. The third-order valence-corrected chi connectivity index (χ3v) is 3.08. The standard InChI is InChI=1S/C16H19N3O4/c1-11(12-3-5-14(23-2)6-4-12)19-10-13(9-17)16(22)18-8-7-15(20)21/h3-6,10-11,19H,7-8H2,1-2H3,(H,18,22)(H,20,21)/b13-10-. The highest BCUT2D eigenvalue weighted by molar-refractivity contribution is 5.97. The maximum absolute atomic E-state index is 11.7. The zero-order valence-electron chi connectivity index (χ0n) is 13.0. The van der Waals surface area contributed by atoms with Gasteiger partial charge in [-0.25, -0.2) is 0 Å². The Bertz CT molecular complexity index is 617. The summed E-state index contributed by atoms with van der Waals surface area (Å²) < 4.78 is 5.08. The first-order valence-corrected chi connectivity index (χ1v) is 6.98. The van der Waals surface area contributed by atoms with E-state index in [2.05, 4.69) is 10.6 Å². The molecular formula is C16H19N3O4. The number of carboxylic acid groups (broad SMARTS) is 1. The summed E-state index contributed by atoms with van der Waals surface area (Å²) in [4.78, 5) is 22.1. The Kier molecular flexibility index (Phi) is 7.14. The Morgan fingerprint density at radius 1 is 1.39 bits per heavy atom. The van der Waals surface area contributed by atoms with Crippen molar-refractivity contribution in [2.45, 2.75) is 19.4 Å². The van der Waals surface area contributed by atoms with Gasteiger partial charge in [0.05, 0.1) is 13.5 Å². The van der Waals surface area contributed by atoms with Crippen LogP contribution in [0.3, 0.4) is 0 Å². The quantitative estimate of drug-likeness (QED) is 0.493. The summed E-state index contributed by atoms with van der Waals surface area (Å²) in [7, 11) is 1.58. The topological polar surface area (TPSA) is 111 Å². The number of nitriles is 1. The summed E-state index contributed by atoms with van der Waals surface area (Å²) in [5, 5.41) is 22.9. The summed E-state index contributed by atoms with van der Waals surface area (Å²) in [6.45, 7) is 1.86. The highest BCUT2D eigenvalue weighted by Crippen LogP contribution is 2.17. The molecule has 1 rings (SSSR count). The van der Waals surface area contributed by atoms with E-state index in [4.69, 9.17) is 15.1 Å². The van der Waals surface area contributed by atoms with Crippen molar-refractivity contribution < 1.29 is 19.4 Å². The van der Waals surface area contributed by atoms with Crippen LogP contribution < -0.4 is 15.4 Å². The van der Waals surface area contributed by atoms with Gasteiger partial charge in [-0.1, -0.05) is 12.1 Å². The number of ether oxygens (including phenoxy) is 1. The number of rotatable bonds is 8. The lowest BCUT2D eigenvalue weighted by Crippen LogP contribution is -2.28. The number of hydrogen-bond donors (Lipinski definition) is 3. The van der Waals surface area contributed by atoms with Gasteiger partial charge in [0.1, 0.15) is 17.4 Å². The van der Waals surface area contributed by atoms with E-state index < -0.39 is 11.9 Å². The predicted octanol–water partition coefficient (Wildman–Crippen LogP) is 1.34. The van der Waals surface area contributed by atoms with Crippen LogP contribution in [0.5, 0.6) is 5.75 Å². The first-order valence-electron chi connectivity index (χ1n) is 6.98. The molecule has 0 bridgehead atoms. The minimum atomic E-state index is -1.01. The van der Waals surface area contributed by atoms with E-state index in [0.717, 1.165) is 11.3 Å². The fourth-order valence-corrected chi connectivity index (χ4v) is 1.72. The first kappa shape index (κ1) is 18.0. The van der Waals surface area contributed by atoms with Crippen LogP contribution in [0.25, 0.3) is 0 Å². The number of nitrogens with zero attached hydrogens (tertiary/aromatic N) is 1. The number of carbonyl (C=O) groups is 2. The molecule has 3 N–H and O–H groups in total. The molecule has 1 atom stereocenters. The molecule has 0 aliphatic heterocycles. The summed E-state index contributed by atoms with van der Waals surface area (Å²) in [6.07, 6.45) is 1.13. The van der Waals surface area contributed by atoms with E-state index in [-0.39, 0.29) is 24.6 Å².